The summed E-state index contributed by atoms with van der Waals surface area (Å²) < 4.78 is 5.22. The molecule has 0 saturated carbocycles. The zero-order valence-corrected chi connectivity index (χ0v) is 24.8. The molecule has 0 bridgehead atoms. The van der Waals surface area contributed by atoms with Crippen LogP contribution in [0.4, 0.5) is 11.4 Å². The molecule has 0 spiro atoms. The number of methoxy groups -OCH3 is 1. The van der Waals surface area contributed by atoms with Crippen molar-refractivity contribution in [3.05, 3.63) is 125 Å². The number of carbonyl (C=O) groups excluding carboxylic acids is 3. The van der Waals surface area contributed by atoms with Crippen molar-refractivity contribution < 1.29 is 19.1 Å². The predicted molar refractivity (Wildman–Crippen MR) is 170 cm³/mol. The molecule has 0 aliphatic carbocycles. The number of ether oxygens (including phenoxy) is 1. The Bertz CT molecular complexity index is 1600. The largest absolute Gasteiger partial charge is 0.497 e. The first-order chi connectivity index (χ1) is 20.2. The molecule has 1 unspecified atom stereocenters. The zero-order valence-electron chi connectivity index (χ0n) is 23.9. The number of hydrogen-bond acceptors (Lipinski definition) is 5. The SMILES string of the molecule is COc1ccc(/C=C(/NC(=O)c2ccccc2)C(=O)Nc2cccc(SC(C)C(=O)Nc3cc(C)ccc3C)c2)cc1. The summed E-state index contributed by atoms with van der Waals surface area (Å²) >= 11 is 1.39. The molecule has 0 aromatic heterocycles. The van der Waals surface area contributed by atoms with Crippen LogP contribution in [0.5, 0.6) is 5.75 Å². The number of anilines is 2. The lowest BCUT2D eigenvalue weighted by molar-refractivity contribution is -0.115. The van der Waals surface area contributed by atoms with Gasteiger partial charge >= 0.3 is 0 Å². The van der Waals surface area contributed by atoms with Gasteiger partial charge in [-0.2, -0.15) is 0 Å². The quantitative estimate of drug-likeness (QED) is 0.141. The fourth-order valence-corrected chi connectivity index (χ4v) is 4.94. The first-order valence-electron chi connectivity index (χ1n) is 13.4. The molecular formula is C34H33N3O4S. The average molecular weight is 580 g/mol. The molecule has 214 valence electrons. The Morgan fingerprint density at radius 2 is 1.57 bits per heavy atom. The first kappa shape index (κ1) is 30.1. The third-order valence-electron chi connectivity index (χ3n) is 6.38. The number of aryl methyl sites for hydroxylation is 2. The highest BCUT2D eigenvalue weighted by Crippen LogP contribution is 2.27. The van der Waals surface area contributed by atoms with Gasteiger partial charge < -0.3 is 20.7 Å². The van der Waals surface area contributed by atoms with Gasteiger partial charge in [0.05, 0.1) is 12.4 Å². The van der Waals surface area contributed by atoms with Gasteiger partial charge in [0.2, 0.25) is 5.91 Å². The Kier molecular flexibility index (Phi) is 10.2. The topological polar surface area (TPSA) is 96.5 Å². The second-order valence-electron chi connectivity index (χ2n) is 9.70. The second-order valence-corrected chi connectivity index (χ2v) is 11.1. The molecule has 1 atom stereocenters. The number of carbonyl (C=O) groups is 3. The van der Waals surface area contributed by atoms with E-state index in [1.807, 2.05) is 57.2 Å². The van der Waals surface area contributed by atoms with E-state index in [1.165, 1.54) is 11.8 Å². The summed E-state index contributed by atoms with van der Waals surface area (Å²) in [5.74, 6) is -0.328. The summed E-state index contributed by atoms with van der Waals surface area (Å²) in [6.07, 6.45) is 1.61. The molecule has 0 fully saturated rings. The maximum Gasteiger partial charge on any atom is 0.272 e. The normalized spacial score (nSPS) is 11.8. The van der Waals surface area contributed by atoms with E-state index in [0.717, 1.165) is 21.7 Å². The molecule has 4 aromatic carbocycles. The van der Waals surface area contributed by atoms with Gasteiger partial charge in [0.15, 0.2) is 0 Å². The lowest BCUT2D eigenvalue weighted by Crippen LogP contribution is -2.30. The van der Waals surface area contributed by atoms with E-state index in [0.29, 0.717) is 22.6 Å². The third-order valence-corrected chi connectivity index (χ3v) is 7.47. The Morgan fingerprint density at radius 1 is 0.833 bits per heavy atom. The molecule has 7 nitrogen and oxygen atoms in total. The smallest absolute Gasteiger partial charge is 0.272 e. The van der Waals surface area contributed by atoms with Crippen molar-refractivity contribution in [3.63, 3.8) is 0 Å². The Morgan fingerprint density at radius 3 is 2.29 bits per heavy atom. The van der Waals surface area contributed by atoms with Crippen molar-refractivity contribution in [2.75, 3.05) is 17.7 Å². The van der Waals surface area contributed by atoms with E-state index in [4.69, 9.17) is 4.74 Å². The average Bonchev–Trinajstić information content (AvgIpc) is 2.99. The van der Waals surface area contributed by atoms with Crippen molar-refractivity contribution in [3.8, 4) is 5.75 Å². The zero-order chi connectivity index (χ0) is 30.1. The number of nitrogens with one attached hydrogen (secondary N) is 3. The summed E-state index contributed by atoms with van der Waals surface area (Å²) in [4.78, 5) is 40.1. The van der Waals surface area contributed by atoms with Crippen LogP contribution in [0.25, 0.3) is 6.08 Å². The monoisotopic (exact) mass is 579 g/mol. The van der Waals surface area contributed by atoms with Gasteiger partial charge in [-0.1, -0.05) is 48.5 Å². The van der Waals surface area contributed by atoms with Crippen LogP contribution in [0.2, 0.25) is 0 Å². The van der Waals surface area contributed by atoms with E-state index < -0.39 is 11.8 Å². The molecular weight excluding hydrogens is 546 g/mol. The molecule has 3 N–H and O–H groups in total. The highest BCUT2D eigenvalue weighted by atomic mass is 32.2. The summed E-state index contributed by atoms with van der Waals surface area (Å²) in [7, 11) is 1.58. The van der Waals surface area contributed by atoms with E-state index in [9.17, 15) is 14.4 Å². The van der Waals surface area contributed by atoms with Crippen LogP contribution in [-0.4, -0.2) is 30.1 Å². The molecule has 0 aliphatic rings. The fourth-order valence-electron chi connectivity index (χ4n) is 4.02. The van der Waals surface area contributed by atoms with Crippen LogP contribution in [0.3, 0.4) is 0 Å². The lowest BCUT2D eigenvalue weighted by Gasteiger charge is -2.15. The van der Waals surface area contributed by atoms with Crippen LogP contribution < -0.4 is 20.7 Å². The summed E-state index contributed by atoms with van der Waals surface area (Å²) in [6.45, 7) is 5.78. The molecule has 0 heterocycles. The summed E-state index contributed by atoms with van der Waals surface area (Å²) in [5.41, 5.74) is 4.60. The van der Waals surface area contributed by atoms with Crippen molar-refractivity contribution in [1.82, 2.24) is 5.32 Å². The highest BCUT2D eigenvalue weighted by molar-refractivity contribution is 8.00. The van der Waals surface area contributed by atoms with Gasteiger partial charge in [0.1, 0.15) is 11.4 Å². The van der Waals surface area contributed by atoms with Crippen molar-refractivity contribution in [2.45, 2.75) is 30.9 Å². The van der Waals surface area contributed by atoms with Crippen LogP contribution in [-0.2, 0) is 9.59 Å². The maximum absolute atomic E-state index is 13.4. The molecule has 0 aliphatic heterocycles. The molecule has 0 radical (unpaired) electrons. The number of thioether (sulfide) groups is 1. The van der Waals surface area contributed by atoms with Gasteiger partial charge in [0, 0.05) is 21.8 Å². The summed E-state index contributed by atoms with van der Waals surface area (Å²) in [5, 5.41) is 8.25. The van der Waals surface area contributed by atoms with Crippen LogP contribution >= 0.6 is 11.8 Å². The molecule has 4 aromatic rings. The van der Waals surface area contributed by atoms with Gasteiger partial charge in [0.25, 0.3) is 11.8 Å². The van der Waals surface area contributed by atoms with Crippen LogP contribution in [0.1, 0.15) is 34.0 Å². The predicted octanol–water partition coefficient (Wildman–Crippen LogP) is 6.84. The van der Waals surface area contributed by atoms with Crippen molar-refractivity contribution in [1.29, 1.82) is 0 Å². The minimum atomic E-state index is -0.488. The van der Waals surface area contributed by atoms with E-state index >= 15 is 0 Å². The van der Waals surface area contributed by atoms with Crippen LogP contribution in [0.15, 0.2) is 108 Å². The van der Waals surface area contributed by atoms with E-state index in [2.05, 4.69) is 16.0 Å². The number of amides is 3. The van der Waals surface area contributed by atoms with Crippen molar-refractivity contribution >= 4 is 46.9 Å². The van der Waals surface area contributed by atoms with Crippen LogP contribution in [0, 0.1) is 13.8 Å². The maximum atomic E-state index is 13.4. The molecule has 0 saturated heterocycles. The molecule has 4 rings (SSSR count). The second kappa shape index (κ2) is 14.2. The number of benzene rings is 4. The minimum Gasteiger partial charge on any atom is -0.497 e. The van der Waals surface area contributed by atoms with E-state index in [-0.39, 0.29) is 16.9 Å². The van der Waals surface area contributed by atoms with E-state index in [1.54, 1.807) is 73.8 Å². The molecule has 8 heteroatoms. The highest BCUT2D eigenvalue weighted by Gasteiger charge is 2.18. The minimum absolute atomic E-state index is 0.0772. The fraction of sp³-hybridized carbons (Fsp3) is 0.147. The lowest BCUT2D eigenvalue weighted by atomic mass is 10.1. The van der Waals surface area contributed by atoms with Gasteiger partial charge in [-0.05, 0) is 92.1 Å². The van der Waals surface area contributed by atoms with Gasteiger partial charge in [-0.25, -0.2) is 0 Å². The number of rotatable bonds is 10. The standard InChI is InChI=1S/C34H33N3O4S/c1-22-13-14-23(2)30(19-22)36-32(38)24(3)42-29-12-8-11-27(21-29)35-34(40)31(20-25-15-17-28(41-4)18-16-25)37-33(39)26-9-6-5-7-10-26/h5-21,24H,1-4H3,(H,35,40)(H,36,38)(H,37,39)/b31-20+. The Hall–Kier alpha value is -4.82. The summed E-state index contributed by atoms with van der Waals surface area (Å²) in [6, 6.07) is 29.0. The Labute approximate surface area is 250 Å². The molecule has 42 heavy (non-hydrogen) atoms. The van der Waals surface area contributed by atoms with Crippen molar-refractivity contribution in [2.24, 2.45) is 0 Å². The first-order valence-corrected chi connectivity index (χ1v) is 14.3. The number of hydrogen-bond donors (Lipinski definition) is 3. The third kappa shape index (κ3) is 8.34. The Balaban J connectivity index is 1.49. The molecule has 3 amide bonds. The van der Waals surface area contributed by atoms with Gasteiger partial charge in [-0.3, -0.25) is 14.4 Å². The van der Waals surface area contributed by atoms with Gasteiger partial charge in [-0.15, -0.1) is 11.8 Å².